The lowest BCUT2D eigenvalue weighted by atomic mass is 10.3. The summed E-state index contributed by atoms with van der Waals surface area (Å²) >= 11 is 0. The zero-order valence-corrected chi connectivity index (χ0v) is 12.2. The molecule has 4 rings (SSSR count). The molecule has 0 aliphatic carbocycles. The van der Waals surface area contributed by atoms with Crippen molar-refractivity contribution in [3.8, 4) is 5.82 Å². The van der Waals surface area contributed by atoms with Crippen molar-refractivity contribution in [1.82, 2.24) is 19.7 Å². The molecule has 0 radical (unpaired) electrons. The Bertz CT molecular complexity index is 822. The van der Waals surface area contributed by atoms with Gasteiger partial charge in [-0.25, -0.2) is 13.8 Å². The van der Waals surface area contributed by atoms with Gasteiger partial charge in [0.25, 0.3) is 6.43 Å². The SMILES string of the molecule is FC(F)c1nc2ccccc2n1-c1cc(N2CCOCC2)n[nH]1. The molecule has 3 heterocycles. The van der Waals surface area contributed by atoms with Crippen molar-refractivity contribution in [3.05, 3.63) is 36.2 Å². The third-order valence-electron chi connectivity index (χ3n) is 3.91. The van der Waals surface area contributed by atoms with Gasteiger partial charge in [0.15, 0.2) is 11.6 Å². The molecule has 1 aromatic carbocycles. The van der Waals surface area contributed by atoms with E-state index in [0.29, 0.717) is 30.1 Å². The van der Waals surface area contributed by atoms with Crippen LogP contribution < -0.4 is 4.90 Å². The minimum atomic E-state index is -2.67. The van der Waals surface area contributed by atoms with Gasteiger partial charge in [-0.3, -0.25) is 9.67 Å². The zero-order valence-electron chi connectivity index (χ0n) is 12.2. The van der Waals surface area contributed by atoms with Crippen LogP contribution in [0.15, 0.2) is 30.3 Å². The topological polar surface area (TPSA) is 59.0 Å². The van der Waals surface area contributed by atoms with Crippen molar-refractivity contribution in [3.63, 3.8) is 0 Å². The molecule has 0 atom stereocenters. The highest BCUT2D eigenvalue weighted by molar-refractivity contribution is 5.78. The molecule has 8 heteroatoms. The van der Waals surface area contributed by atoms with Crippen molar-refractivity contribution in [2.45, 2.75) is 6.43 Å². The molecule has 3 aromatic rings. The van der Waals surface area contributed by atoms with Crippen molar-refractivity contribution in [1.29, 1.82) is 0 Å². The highest BCUT2D eigenvalue weighted by Crippen LogP contribution is 2.28. The molecule has 1 N–H and O–H groups in total. The fourth-order valence-electron chi connectivity index (χ4n) is 2.81. The first-order valence-corrected chi connectivity index (χ1v) is 7.38. The van der Waals surface area contributed by atoms with Crippen LogP contribution in [0.2, 0.25) is 0 Å². The number of imidazole rings is 1. The molecule has 0 unspecified atom stereocenters. The third-order valence-corrected chi connectivity index (χ3v) is 3.91. The average molecular weight is 319 g/mol. The van der Waals surface area contributed by atoms with E-state index in [0.717, 1.165) is 18.9 Å². The second kappa shape index (κ2) is 5.62. The van der Waals surface area contributed by atoms with Gasteiger partial charge in [-0.05, 0) is 12.1 Å². The number of morpholine rings is 1. The predicted molar refractivity (Wildman–Crippen MR) is 81.2 cm³/mol. The van der Waals surface area contributed by atoms with E-state index in [2.05, 4.69) is 20.1 Å². The number of para-hydroxylation sites is 2. The van der Waals surface area contributed by atoms with Crippen LogP contribution in [0.25, 0.3) is 16.9 Å². The smallest absolute Gasteiger partial charge is 0.296 e. The Morgan fingerprint density at radius 2 is 1.96 bits per heavy atom. The minimum Gasteiger partial charge on any atom is -0.378 e. The van der Waals surface area contributed by atoms with Gasteiger partial charge < -0.3 is 9.64 Å². The van der Waals surface area contributed by atoms with Gasteiger partial charge in [0, 0.05) is 19.2 Å². The summed E-state index contributed by atoms with van der Waals surface area (Å²) < 4.78 is 33.5. The molecule has 2 aromatic heterocycles. The summed E-state index contributed by atoms with van der Waals surface area (Å²) in [6, 6.07) is 8.84. The molecule has 1 saturated heterocycles. The van der Waals surface area contributed by atoms with E-state index in [4.69, 9.17) is 4.74 Å². The first kappa shape index (κ1) is 14.1. The monoisotopic (exact) mass is 319 g/mol. The van der Waals surface area contributed by atoms with Crippen LogP contribution in [0.1, 0.15) is 12.2 Å². The highest BCUT2D eigenvalue weighted by atomic mass is 19.3. The standard InChI is InChI=1S/C15H15F2N5O/c16-14(17)15-18-10-3-1-2-4-11(10)22(15)13-9-12(19-20-13)21-5-7-23-8-6-21/h1-4,9,14H,5-8H2,(H,19,20). The number of ether oxygens (including phenoxy) is 1. The molecular formula is C15H15F2N5O. The summed E-state index contributed by atoms with van der Waals surface area (Å²) in [5.74, 6) is 0.917. The maximum Gasteiger partial charge on any atom is 0.296 e. The molecule has 1 aliphatic rings. The van der Waals surface area contributed by atoms with Crippen LogP contribution >= 0.6 is 0 Å². The highest BCUT2D eigenvalue weighted by Gasteiger charge is 2.22. The maximum absolute atomic E-state index is 13.4. The van der Waals surface area contributed by atoms with E-state index in [1.807, 2.05) is 0 Å². The molecule has 120 valence electrons. The summed E-state index contributed by atoms with van der Waals surface area (Å²) in [7, 11) is 0. The van der Waals surface area contributed by atoms with E-state index in [1.54, 1.807) is 30.3 Å². The van der Waals surface area contributed by atoms with E-state index in [9.17, 15) is 8.78 Å². The molecule has 6 nitrogen and oxygen atoms in total. The van der Waals surface area contributed by atoms with Crippen molar-refractivity contribution in [2.75, 3.05) is 31.2 Å². The Balaban J connectivity index is 1.79. The lowest BCUT2D eigenvalue weighted by Gasteiger charge is -2.26. The van der Waals surface area contributed by atoms with Gasteiger partial charge in [-0.1, -0.05) is 12.1 Å². The summed E-state index contributed by atoms with van der Waals surface area (Å²) in [5.41, 5.74) is 1.16. The molecule has 1 aliphatic heterocycles. The Morgan fingerprint density at radius 3 is 2.74 bits per heavy atom. The second-order valence-electron chi connectivity index (χ2n) is 5.31. The molecule has 0 amide bonds. The van der Waals surface area contributed by atoms with Crippen molar-refractivity contribution >= 4 is 16.9 Å². The second-order valence-corrected chi connectivity index (χ2v) is 5.31. The number of alkyl halides is 2. The lowest BCUT2D eigenvalue weighted by Crippen LogP contribution is -2.36. The number of anilines is 1. The number of nitrogens with zero attached hydrogens (tertiary/aromatic N) is 4. The number of aromatic nitrogens is 4. The lowest BCUT2D eigenvalue weighted by molar-refractivity contribution is 0.122. The number of hydrogen-bond acceptors (Lipinski definition) is 4. The number of H-pyrrole nitrogens is 1. The van der Waals surface area contributed by atoms with Crippen LogP contribution in [0.4, 0.5) is 14.6 Å². The number of nitrogens with one attached hydrogen (secondary N) is 1. The summed E-state index contributed by atoms with van der Waals surface area (Å²) in [6.45, 7) is 2.74. The van der Waals surface area contributed by atoms with Crippen LogP contribution in [0.5, 0.6) is 0 Å². The predicted octanol–water partition coefficient (Wildman–Crippen LogP) is 2.52. The molecule has 0 bridgehead atoms. The van der Waals surface area contributed by atoms with Gasteiger partial charge in [0.05, 0.1) is 24.2 Å². The van der Waals surface area contributed by atoms with Gasteiger partial charge in [0.2, 0.25) is 0 Å². The van der Waals surface area contributed by atoms with Gasteiger partial charge >= 0.3 is 0 Å². The molecule has 0 spiro atoms. The Kier molecular flexibility index (Phi) is 3.45. The molecule has 0 saturated carbocycles. The molecular weight excluding hydrogens is 304 g/mol. The largest absolute Gasteiger partial charge is 0.378 e. The van der Waals surface area contributed by atoms with Crippen molar-refractivity contribution < 1.29 is 13.5 Å². The minimum absolute atomic E-state index is 0.289. The fourth-order valence-corrected chi connectivity index (χ4v) is 2.81. The van der Waals surface area contributed by atoms with Gasteiger partial charge in [0.1, 0.15) is 5.82 Å². The zero-order chi connectivity index (χ0) is 15.8. The van der Waals surface area contributed by atoms with E-state index in [1.165, 1.54) is 4.57 Å². The Labute approximate surface area is 130 Å². The normalized spacial score (nSPS) is 15.7. The fraction of sp³-hybridized carbons (Fsp3) is 0.333. The number of aromatic amines is 1. The first-order valence-electron chi connectivity index (χ1n) is 7.38. The quantitative estimate of drug-likeness (QED) is 0.806. The van der Waals surface area contributed by atoms with E-state index in [-0.39, 0.29) is 5.82 Å². The van der Waals surface area contributed by atoms with E-state index >= 15 is 0 Å². The Hall–Kier alpha value is -2.48. The van der Waals surface area contributed by atoms with Crippen LogP contribution in [-0.4, -0.2) is 46.1 Å². The van der Waals surface area contributed by atoms with Gasteiger partial charge in [-0.2, -0.15) is 5.10 Å². The number of hydrogen-bond donors (Lipinski definition) is 1. The van der Waals surface area contributed by atoms with Gasteiger partial charge in [-0.15, -0.1) is 0 Å². The van der Waals surface area contributed by atoms with Crippen LogP contribution in [0, 0.1) is 0 Å². The summed E-state index contributed by atoms with van der Waals surface area (Å²) in [5, 5.41) is 7.10. The van der Waals surface area contributed by atoms with Crippen molar-refractivity contribution in [2.24, 2.45) is 0 Å². The number of halogens is 2. The first-order chi connectivity index (χ1) is 11.2. The Morgan fingerprint density at radius 1 is 1.17 bits per heavy atom. The number of fused-ring (bicyclic) bond motifs is 1. The molecule has 1 fully saturated rings. The summed E-state index contributed by atoms with van der Waals surface area (Å²) in [4.78, 5) is 6.10. The maximum atomic E-state index is 13.4. The average Bonchev–Trinajstić information content (AvgIpc) is 3.20. The number of rotatable bonds is 3. The number of benzene rings is 1. The van der Waals surface area contributed by atoms with Crippen LogP contribution in [0.3, 0.4) is 0 Å². The summed E-state index contributed by atoms with van der Waals surface area (Å²) in [6.07, 6.45) is -2.67. The van der Waals surface area contributed by atoms with E-state index < -0.39 is 6.43 Å². The third kappa shape index (κ3) is 2.44. The van der Waals surface area contributed by atoms with Crippen LogP contribution in [-0.2, 0) is 4.74 Å². The molecule has 23 heavy (non-hydrogen) atoms.